The Morgan fingerprint density at radius 2 is 2.12 bits per heavy atom. The summed E-state index contributed by atoms with van der Waals surface area (Å²) in [5.74, 6) is 1.81. The molecule has 0 bridgehead atoms. The minimum absolute atomic E-state index is 0.0367. The van der Waals surface area contributed by atoms with Gasteiger partial charge in [-0.3, -0.25) is 9.36 Å². The third-order valence-corrected chi connectivity index (χ3v) is 8.32. The first-order valence-corrected chi connectivity index (χ1v) is 13.5. The number of carbonyl (C=O) groups excluding carboxylic acids is 1. The molecular formula is C22H28N4O4S2. The van der Waals surface area contributed by atoms with Crippen LogP contribution in [0.15, 0.2) is 42.1 Å². The fourth-order valence-corrected chi connectivity index (χ4v) is 6.50. The summed E-state index contributed by atoms with van der Waals surface area (Å²) in [4.78, 5) is 14.8. The van der Waals surface area contributed by atoms with Crippen molar-refractivity contribution in [3.8, 4) is 5.75 Å². The Hall–Kier alpha value is -2.33. The fourth-order valence-electron chi connectivity index (χ4n) is 3.95. The summed E-state index contributed by atoms with van der Waals surface area (Å²) < 4.78 is 31.6. The highest BCUT2D eigenvalue weighted by Gasteiger charge is 2.42. The molecule has 0 N–H and O–H groups in total. The lowest BCUT2D eigenvalue weighted by Gasteiger charge is -2.28. The van der Waals surface area contributed by atoms with Crippen LogP contribution in [0.3, 0.4) is 0 Å². The molecule has 10 heteroatoms. The van der Waals surface area contributed by atoms with Crippen molar-refractivity contribution in [1.29, 1.82) is 0 Å². The van der Waals surface area contributed by atoms with E-state index in [0.29, 0.717) is 23.9 Å². The Bertz CT molecular complexity index is 1100. The van der Waals surface area contributed by atoms with Gasteiger partial charge in [-0.15, -0.1) is 16.8 Å². The Kier molecular flexibility index (Phi) is 6.90. The minimum Gasteiger partial charge on any atom is -0.486 e. The summed E-state index contributed by atoms with van der Waals surface area (Å²) in [6, 6.07) is 7.76. The highest BCUT2D eigenvalue weighted by Crippen LogP contribution is 2.33. The molecule has 32 heavy (non-hydrogen) atoms. The summed E-state index contributed by atoms with van der Waals surface area (Å²) >= 11 is 1.32. The van der Waals surface area contributed by atoms with Crippen LogP contribution in [-0.4, -0.2) is 63.3 Å². The monoisotopic (exact) mass is 476 g/mol. The average Bonchev–Trinajstić information content (AvgIpc) is 3.41. The molecule has 1 aromatic heterocycles. The molecule has 2 heterocycles. The van der Waals surface area contributed by atoms with Crippen LogP contribution in [0.5, 0.6) is 5.75 Å². The van der Waals surface area contributed by atoms with Crippen LogP contribution in [0.1, 0.15) is 30.7 Å². The number of ether oxygens (including phenoxy) is 1. The van der Waals surface area contributed by atoms with Gasteiger partial charge in [0.25, 0.3) is 0 Å². The van der Waals surface area contributed by atoms with Crippen LogP contribution in [0.2, 0.25) is 0 Å². The molecule has 1 aromatic carbocycles. The SMILES string of the molecule is C=CCn1c(COc2cccc(C)c2)nnc1SCC(=O)N(C1CC1)C1CCS(=O)(=O)C1. The molecule has 2 aliphatic rings. The van der Waals surface area contributed by atoms with Crippen LogP contribution < -0.4 is 4.74 Å². The molecular weight excluding hydrogens is 448 g/mol. The van der Waals surface area contributed by atoms with Crippen molar-refractivity contribution in [1.82, 2.24) is 19.7 Å². The zero-order valence-corrected chi connectivity index (χ0v) is 19.8. The first-order valence-electron chi connectivity index (χ1n) is 10.7. The van der Waals surface area contributed by atoms with Gasteiger partial charge in [-0.1, -0.05) is 30.0 Å². The van der Waals surface area contributed by atoms with Crippen molar-refractivity contribution in [3.63, 3.8) is 0 Å². The zero-order chi connectivity index (χ0) is 22.7. The van der Waals surface area contributed by atoms with E-state index in [4.69, 9.17) is 4.74 Å². The lowest BCUT2D eigenvalue weighted by molar-refractivity contribution is -0.130. The molecule has 2 aromatic rings. The lowest BCUT2D eigenvalue weighted by Crippen LogP contribution is -2.43. The Labute approximate surface area is 193 Å². The maximum atomic E-state index is 13.0. The fraction of sp³-hybridized carbons (Fsp3) is 0.500. The first-order chi connectivity index (χ1) is 15.4. The molecule has 1 saturated heterocycles. The van der Waals surface area contributed by atoms with Gasteiger partial charge in [0.1, 0.15) is 12.4 Å². The van der Waals surface area contributed by atoms with Gasteiger partial charge in [-0.25, -0.2) is 8.42 Å². The number of allylic oxidation sites excluding steroid dienone is 1. The second kappa shape index (κ2) is 9.66. The molecule has 1 aliphatic carbocycles. The van der Waals surface area contributed by atoms with E-state index in [-0.39, 0.29) is 41.9 Å². The average molecular weight is 477 g/mol. The van der Waals surface area contributed by atoms with E-state index < -0.39 is 9.84 Å². The molecule has 4 rings (SSSR count). The van der Waals surface area contributed by atoms with E-state index >= 15 is 0 Å². The Morgan fingerprint density at radius 3 is 2.78 bits per heavy atom. The van der Waals surface area contributed by atoms with Crippen molar-refractivity contribution >= 4 is 27.5 Å². The number of hydrogen-bond acceptors (Lipinski definition) is 7. The standard InChI is InChI=1S/C22H28N4O4S2/c1-3-10-25-20(13-30-19-6-4-5-16(2)12-19)23-24-22(25)31-14-21(27)26(17-7-8-17)18-9-11-32(28,29)15-18/h3-6,12,17-18H,1,7-11,13-15H2,2H3. The molecule has 172 valence electrons. The summed E-state index contributed by atoms with van der Waals surface area (Å²) in [5.41, 5.74) is 1.11. The molecule has 1 atom stereocenters. The van der Waals surface area contributed by atoms with Gasteiger partial charge in [0.2, 0.25) is 5.91 Å². The van der Waals surface area contributed by atoms with E-state index in [9.17, 15) is 13.2 Å². The summed E-state index contributed by atoms with van der Waals surface area (Å²) in [6.07, 6.45) is 4.17. The zero-order valence-electron chi connectivity index (χ0n) is 18.1. The molecule has 1 aliphatic heterocycles. The molecule has 2 fully saturated rings. The molecule has 0 spiro atoms. The van der Waals surface area contributed by atoms with Crippen LogP contribution in [0, 0.1) is 6.92 Å². The number of sulfone groups is 1. The highest BCUT2D eigenvalue weighted by atomic mass is 32.2. The smallest absolute Gasteiger partial charge is 0.233 e. The van der Waals surface area contributed by atoms with Crippen molar-refractivity contribution < 1.29 is 17.9 Å². The van der Waals surface area contributed by atoms with E-state index in [1.54, 1.807) is 6.08 Å². The van der Waals surface area contributed by atoms with E-state index in [2.05, 4.69) is 16.8 Å². The first kappa shape index (κ1) is 22.8. The number of benzene rings is 1. The molecule has 1 saturated carbocycles. The molecule has 8 nitrogen and oxygen atoms in total. The number of aryl methyl sites for hydroxylation is 1. The topological polar surface area (TPSA) is 94.4 Å². The highest BCUT2D eigenvalue weighted by molar-refractivity contribution is 7.99. The van der Waals surface area contributed by atoms with Crippen molar-refractivity contribution in [2.75, 3.05) is 17.3 Å². The number of amides is 1. The van der Waals surface area contributed by atoms with Crippen LogP contribution >= 0.6 is 11.8 Å². The maximum absolute atomic E-state index is 13.0. The number of hydrogen-bond donors (Lipinski definition) is 0. The van der Waals surface area contributed by atoms with Gasteiger partial charge < -0.3 is 9.64 Å². The minimum atomic E-state index is -3.04. The van der Waals surface area contributed by atoms with Crippen molar-refractivity contribution in [3.05, 3.63) is 48.3 Å². The van der Waals surface area contributed by atoms with Crippen LogP contribution in [0.4, 0.5) is 0 Å². The predicted molar refractivity (Wildman–Crippen MR) is 123 cm³/mol. The van der Waals surface area contributed by atoms with Gasteiger partial charge in [0, 0.05) is 18.6 Å². The van der Waals surface area contributed by atoms with E-state index in [1.807, 2.05) is 40.7 Å². The lowest BCUT2D eigenvalue weighted by atomic mass is 10.2. The Balaban J connectivity index is 1.41. The van der Waals surface area contributed by atoms with E-state index in [0.717, 1.165) is 24.2 Å². The second-order valence-electron chi connectivity index (χ2n) is 8.28. The van der Waals surface area contributed by atoms with Crippen LogP contribution in [0.25, 0.3) is 0 Å². The Morgan fingerprint density at radius 1 is 1.31 bits per heavy atom. The van der Waals surface area contributed by atoms with E-state index in [1.165, 1.54) is 11.8 Å². The summed E-state index contributed by atoms with van der Waals surface area (Å²) in [7, 11) is -3.04. The van der Waals surface area contributed by atoms with Gasteiger partial charge in [-0.05, 0) is 43.9 Å². The third kappa shape index (κ3) is 5.53. The third-order valence-electron chi connectivity index (χ3n) is 5.62. The summed E-state index contributed by atoms with van der Waals surface area (Å²) in [6.45, 7) is 6.57. The van der Waals surface area contributed by atoms with Gasteiger partial charge in [0.15, 0.2) is 20.8 Å². The normalized spacial score (nSPS) is 19.6. The van der Waals surface area contributed by atoms with Gasteiger partial charge in [-0.2, -0.15) is 0 Å². The quantitative estimate of drug-likeness (QED) is 0.384. The molecule has 1 unspecified atom stereocenters. The summed E-state index contributed by atoms with van der Waals surface area (Å²) in [5, 5.41) is 9.13. The largest absolute Gasteiger partial charge is 0.486 e. The van der Waals surface area contributed by atoms with Crippen molar-refractivity contribution in [2.45, 2.75) is 56.6 Å². The number of carbonyl (C=O) groups is 1. The van der Waals surface area contributed by atoms with Crippen molar-refractivity contribution in [2.24, 2.45) is 0 Å². The number of rotatable bonds is 10. The number of thioether (sulfide) groups is 1. The van der Waals surface area contributed by atoms with Crippen LogP contribution in [-0.2, 0) is 27.8 Å². The number of aromatic nitrogens is 3. The predicted octanol–water partition coefficient (Wildman–Crippen LogP) is 2.62. The maximum Gasteiger partial charge on any atom is 0.233 e. The van der Waals surface area contributed by atoms with Gasteiger partial charge >= 0.3 is 0 Å². The second-order valence-corrected chi connectivity index (χ2v) is 11.5. The number of nitrogens with zero attached hydrogens (tertiary/aromatic N) is 4. The molecule has 1 amide bonds. The van der Waals surface area contributed by atoms with Gasteiger partial charge in [0.05, 0.1) is 17.3 Å². The molecule has 0 radical (unpaired) electrons.